The van der Waals surface area contributed by atoms with Gasteiger partial charge in [-0.3, -0.25) is 0 Å². The molecule has 0 aromatic rings. The maximum absolute atomic E-state index is 3.40. The number of likely N-dealkylation sites (tertiary alicyclic amines) is 1. The number of nitrogens with zero attached hydrogens (tertiary/aromatic N) is 1. The van der Waals surface area contributed by atoms with E-state index in [2.05, 4.69) is 38.5 Å². The molecule has 98 valence electrons. The maximum Gasteiger partial charge on any atom is 0.140 e. The van der Waals surface area contributed by atoms with Crippen LogP contribution in [0.5, 0.6) is 0 Å². The molecule has 1 fully saturated rings. The van der Waals surface area contributed by atoms with E-state index in [9.17, 15) is 0 Å². The van der Waals surface area contributed by atoms with Crippen LogP contribution in [-0.4, -0.2) is 39.2 Å². The van der Waals surface area contributed by atoms with E-state index in [1.807, 2.05) is 0 Å². The maximum atomic E-state index is 3.40. The van der Waals surface area contributed by atoms with Crippen molar-refractivity contribution < 1.29 is 4.48 Å². The Morgan fingerprint density at radius 2 is 1.65 bits per heavy atom. The predicted molar refractivity (Wildman–Crippen MR) is 79.8 cm³/mol. The molecule has 1 nitrogen and oxygen atoms in total. The summed E-state index contributed by atoms with van der Waals surface area (Å²) < 4.78 is 1.20. The average molecular weight is 252 g/mol. The molecule has 0 atom stereocenters. The molecule has 1 aliphatic heterocycles. The minimum absolute atomic E-state index is 0.810. The Hall–Kier alpha value is -0.263. The van der Waals surface area contributed by atoms with Crippen molar-refractivity contribution in [3.8, 4) is 11.8 Å². The van der Waals surface area contributed by atoms with Gasteiger partial charge in [0.2, 0.25) is 0 Å². The highest BCUT2D eigenvalue weighted by atomic mass is 28.3. The number of rotatable bonds is 5. The minimum atomic E-state index is -0.810. The van der Waals surface area contributed by atoms with E-state index >= 15 is 0 Å². The van der Waals surface area contributed by atoms with Crippen LogP contribution in [-0.2, 0) is 0 Å². The van der Waals surface area contributed by atoms with Crippen LogP contribution in [0.15, 0.2) is 0 Å². The highest BCUT2D eigenvalue weighted by Crippen LogP contribution is 2.15. The summed E-state index contributed by atoms with van der Waals surface area (Å²) >= 11 is 0. The van der Waals surface area contributed by atoms with E-state index in [0.29, 0.717) is 0 Å². The highest BCUT2D eigenvalue weighted by Gasteiger charge is 2.25. The van der Waals surface area contributed by atoms with Crippen molar-refractivity contribution in [1.29, 1.82) is 0 Å². The molecule has 0 bridgehead atoms. The Morgan fingerprint density at radius 3 is 2.24 bits per heavy atom. The summed E-state index contributed by atoms with van der Waals surface area (Å²) in [6, 6.07) is 1.46. The van der Waals surface area contributed by atoms with Crippen LogP contribution in [0.2, 0.25) is 25.7 Å². The molecular weight excluding hydrogens is 222 g/mol. The average Bonchev–Trinajstić information content (AvgIpc) is 2.62. The minimum Gasteiger partial charge on any atom is -0.316 e. The van der Waals surface area contributed by atoms with Crippen LogP contribution >= 0.6 is 0 Å². The van der Waals surface area contributed by atoms with Crippen molar-refractivity contribution >= 4 is 8.07 Å². The molecule has 2 heteroatoms. The van der Waals surface area contributed by atoms with Gasteiger partial charge in [-0.05, 0) is 12.3 Å². The van der Waals surface area contributed by atoms with Crippen molar-refractivity contribution in [3.05, 3.63) is 0 Å². The quantitative estimate of drug-likeness (QED) is 0.303. The van der Waals surface area contributed by atoms with Crippen molar-refractivity contribution in [2.75, 3.05) is 26.7 Å². The second kappa shape index (κ2) is 6.61. The molecule has 1 saturated heterocycles. The van der Waals surface area contributed by atoms with Gasteiger partial charge >= 0.3 is 0 Å². The lowest BCUT2D eigenvalue weighted by Gasteiger charge is -2.26. The second-order valence-corrected chi connectivity index (χ2v) is 12.7. The molecule has 1 aliphatic rings. The fraction of sp³-hybridized carbons (Fsp3) is 0.867. The summed E-state index contributed by atoms with van der Waals surface area (Å²) in [5.74, 6) is 6.77. The molecule has 17 heavy (non-hydrogen) atoms. The second-order valence-electron chi connectivity index (χ2n) is 7.05. The molecular formula is C15H30NSi+. The third-order valence-electron chi connectivity index (χ3n) is 3.71. The Labute approximate surface area is 109 Å². The van der Waals surface area contributed by atoms with Crippen molar-refractivity contribution in [3.63, 3.8) is 0 Å². The van der Waals surface area contributed by atoms with Crippen LogP contribution in [0.1, 0.15) is 32.1 Å². The number of hydrogen-bond donors (Lipinski definition) is 0. The summed E-state index contributed by atoms with van der Waals surface area (Å²) in [6.07, 6.45) is 6.60. The van der Waals surface area contributed by atoms with Crippen LogP contribution in [0.25, 0.3) is 0 Å². The molecule has 0 radical (unpaired) electrons. The number of quaternary nitrogens is 1. The van der Waals surface area contributed by atoms with Crippen molar-refractivity contribution in [2.45, 2.75) is 57.8 Å². The highest BCUT2D eigenvalue weighted by molar-refractivity contribution is 6.76. The predicted octanol–water partition coefficient (Wildman–Crippen LogP) is 3.74. The number of hydrogen-bond acceptors (Lipinski definition) is 0. The Balaban J connectivity index is 2.07. The van der Waals surface area contributed by atoms with Gasteiger partial charge in [0.25, 0.3) is 0 Å². The Kier molecular flexibility index (Phi) is 5.75. The van der Waals surface area contributed by atoms with Crippen LogP contribution in [0.4, 0.5) is 0 Å². The number of unbranched alkanes of at least 4 members (excludes halogenated alkanes) is 2. The monoisotopic (exact) mass is 252 g/mol. The third-order valence-corrected chi connectivity index (χ3v) is 5.56. The fourth-order valence-electron chi connectivity index (χ4n) is 2.46. The molecule has 0 amide bonds. The van der Waals surface area contributed by atoms with E-state index in [4.69, 9.17) is 0 Å². The summed E-state index contributed by atoms with van der Waals surface area (Å²) in [6.45, 7) is 11.1. The van der Waals surface area contributed by atoms with E-state index < -0.39 is 8.07 Å². The first-order chi connectivity index (χ1) is 7.91. The molecule has 0 spiro atoms. The van der Waals surface area contributed by atoms with E-state index in [1.165, 1.54) is 49.3 Å². The lowest BCUT2D eigenvalue weighted by atomic mass is 10.2. The van der Waals surface area contributed by atoms with E-state index in [0.717, 1.165) is 13.0 Å². The van der Waals surface area contributed by atoms with Gasteiger partial charge in [0.1, 0.15) is 6.54 Å². The first-order valence-electron chi connectivity index (χ1n) is 7.21. The fourth-order valence-corrected chi connectivity index (χ4v) is 3.77. The van der Waals surface area contributed by atoms with E-state index in [-0.39, 0.29) is 0 Å². The molecule has 0 saturated carbocycles. The van der Waals surface area contributed by atoms with E-state index in [1.54, 1.807) is 0 Å². The summed E-state index contributed by atoms with van der Waals surface area (Å²) in [4.78, 5) is 0. The first-order valence-corrected chi connectivity index (χ1v) is 10.9. The van der Waals surface area contributed by atoms with Crippen LogP contribution < -0.4 is 0 Å². The van der Waals surface area contributed by atoms with Gasteiger partial charge in [0.15, 0.2) is 0 Å². The molecule has 0 N–H and O–H groups in total. The lowest BCUT2D eigenvalue weighted by Crippen LogP contribution is -2.40. The zero-order valence-corrected chi connectivity index (χ0v) is 13.3. The van der Waals surface area contributed by atoms with Gasteiger partial charge in [0.05, 0.1) is 20.1 Å². The van der Waals surface area contributed by atoms with Crippen LogP contribution in [0.3, 0.4) is 0 Å². The largest absolute Gasteiger partial charge is 0.316 e. The van der Waals surface area contributed by atoms with Gasteiger partial charge in [0, 0.05) is 27.3 Å². The normalized spacial score (nSPS) is 18.8. The van der Waals surface area contributed by atoms with Gasteiger partial charge in [-0.1, -0.05) is 38.0 Å². The summed E-state index contributed by atoms with van der Waals surface area (Å²) in [5, 5.41) is 0. The molecule has 0 aromatic heterocycles. The first kappa shape index (κ1) is 14.8. The Bertz CT molecular complexity index is 274. The van der Waals surface area contributed by atoms with Crippen molar-refractivity contribution in [1.82, 2.24) is 0 Å². The van der Waals surface area contributed by atoms with Gasteiger partial charge in [-0.2, -0.15) is 0 Å². The zero-order chi connectivity index (χ0) is 12.8. The summed E-state index contributed by atoms with van der Waals surface area (Å²) in [7, 11) is 1.54. The SMILES string of the molecule is C[N+]1(CC#CCCCC[Si](C)(C)C)CCCC1. The molecule has 0 unspecified atom stereocenters. The van der Waals surface area contributed by atoms with Crippen molar-refractivity contribution in [2.24, 2.45) is 0 Å². The standard InChI is InChI=1S/C15H30NSi/c1-16(13-9-10-14-16)12-8-6-5-7-11-15-17(2,3)4/h5,7,9-15H2,1-4H3/q+1. The van der Waals surface area contributed by atoms with Gasteiger partial charge < -0.3 is 4.48 Å². The molecule has 0 aliphatic carbocycles. The zero-order valence-electron chi connectivity index (χ0n) is 12.3. The van der Waals surface area contributed by atoms with Gasteiger partial charge in [-0.15, -0.1) is 0 Å². The van der Waals surface area contributed by atoms with Gasteiger partial charge in [-0.25, -0.2) is 0 Å². The lowest BCUT2D eigenvalue weighted by molar-refractivity contribution is -0.890. The molecule has 0 aromatic carbocycles. The van der Waals surface area contributed by atoms with Crippen LogP contribution in [0, 0.1) is 11.8 Å². The molecule has 1 rings (SSSR count). The topological polar surface area (TPSA) is 0 Å². The summed E-state index contributed by atoms with van der Waals surface area (Å²) in [5.41, 5.74) is 0. The third kappa shape index (κ3) is 6.91. The Morgan fingerprint density at radius 1 is 1.00 bits per heavy atom. The smallest absolute Gasteiger partial charge is 0.140 e. The molecule has 1 heterocycles.